The fraction of sp³-hybridized carbons (Fsp3) is 0.364. The number of halogens is 1. The van der Waals surface area contributed by atoms with E-state index in [4.69, 9.17) is 29.6 Å². The number of benzene rings is 1. The number of nitrogens with two attached hydrogens (primary N) is 1. The van der Waals surface area contributed by atoms with Gasteiger partial charge in [-0.1, -0.05) is 30.7 Å². The monoisotopic (exact) mass is 304 g/mol. The highest BCUT2D eigenvalue weighted by molar-refractivity contribution is 7.93. The van der Waals surface area contributed by atoms with Gasteiger partial charge in [0.15, 0.2) is 0 Å². The van der Waals surface area contributed by atoms with E-state index in [0.29, 0.717) is 22.8 Å². The van der Waals surface area contributed by atoms with Crippen LogP contribution in [0.3, 0.4) is 0 Å². The molecule has 1 aromatic carbocycles. The van der Waals surface area contributed by atoms with Gasteiger partial charge in [-0.25, -0.2) is 8.42 Å². The number of rotatable bonds is 2. The molecule has 0 aromatic heterocycles. The van der Waals surface area contributed by atoms with E-state index in [-0.39, 0.29) is 16.7 Å². The Bertz CT molecular complexity index is 601. The van der Waals surface area contributed by atoms with Crippen molar-refractivity contribution in [1.82, 2.24) is 0 Å². The molecule has 0 radical (unpaired) electrons. The highest BCUT2D eigenvalue weighted by Gasteiger charge is 2.35. The Hall–Kier alpha value is -0.850. The van der Waals surface area contributed by atoms with Crippen LogP contribution in [0.1, 0.15) is 12.5 Å². The topological polar surface area (TPSA) is 63.4 Å². The number of sulfonamides is 1. The van der Waals surface area contributed by atoms with Crippen LogP contribution < -0.4 is 10.0 Å². The Balaban J connectivity index is 2.57. The molecule has 1 fully saturated rings. The SMILES string of the molecule is CC1CN(c2cc(Cl)ccc2C(N)=S)S(=O)(=O)C1. The van der Waals surface area contributed by atoms with Gasteiger partial charge in [0, 0.05) is 17.1 Å². The van der Waals surface area contributed by atoms with Crippen molar-refractivity contribution in [1.29, 1.82) is 0 Å². The van der Waals surface area contributed by atoms with Crippen molar-refractivity contribution >= 4 is 44.5 Å². The van der Waals surface area contributed by atoms with Gasteiger partial charge in [0.05, 0.1) is 11.4 Å². The third-order valence-corrected chi connectivity index (χ3v) is 5.26. The van der Waals surface area contributed by atoms with Gasteiger partial charge in [-0.05, 0) is 24.1 Å². The van der Waals surface area contributed by atoms with Crippen molar-refractivity contribution in [3.63, 3.8) is 0 Å². The Morgan fingerprint density at radius 1 is 1.56 bits per heavy atom. The highest BCUT2D eigenvalue weighted by atomic mass is 35.5. The summed E-state index contributed by atoms with van der Waals surface area (Å²) in [5, 5.41) is 0.458. The molecule has 2 rings (SSSR count). The van der Waals surface area contributed by atoms with Crippen LogP contribution in [0, 0.1) is 5.92 Å². The third-order valence-electron chi connectivity index (χ3n) is 2.80. The first-order chi connectivity index (χ1) is 8.31. The minimum Gasteiger partial charge on any atom is -0.389 e. The molecule has 98 valence electrons. The van der Waals surface area contributed by atoms with E-state index in [1.807, 2.05) is 6.92 Å². The van der Waals surface area contributed by atoms with E-state index in [9.17, 15) is 8.42 Å². The Labute approximate surface area is 117 Å². The van der Waals surface area contributed by atoms with Crippen LogP contribution in [0.25, 0.3) is 0 Å². The van der Waals surface area contributed by atoms with Crippen LogP contribution in [0.2, 0.25) is 5.02 Å². The molecular formula is C11H13ClN2O2S2. The summed E-state index contributed by atoms with van der Waals surface area (Å²) in [6.45, 7) is 2.32. The summed E-state index contributed by atoms with van der Waals surface area (Å²) in [6, 6.07) is 4.88. The fourth-order valence-electron chi connectivity index (χ4n) is 2.07. The minimum atomic E-state index is -3.30. The second kappa shape index (κ2) is 4.68. The van der Waals surface area contributed by atoms with Crippen molar-refractivity contribution < 1.29 is 8.42 Å². The maximum Gasteiger partial charge on any atom is 0.235 e. The molecule has 4 nitrogen and oxygen atoms in total. The van der Waals surface area contributed by atoms with E-state index >= 15 is 0 Å². The van der Waals surface area contributed by atoms with E-state index in [0.717, 1.165) is 0 Å². The van der Waals surface area contributed by atoms with Crippen LogP contribution in [0.15, 0.2) is 18.2 Å². The summed E-state index contributed by atoms with van der Waals surface area (Å²) in [5.74, 6) is 0.212. The van der Waals surface area contributed by atoms with Gasteiger partial charge in [-0.15, -0.1) is 0 Å². The van der Waals surface area contributed by atoms with E-state index in [2.05, 4.69) is 0 Å². The third kappa shape index (κ3) is 2.46. The molecule has 18 heavy (non-hydrogen) atoms. The molecule has 2 N–H and O–H groups in total. The average Bonchev–Trinajstić information content (AvgIpc) is 2.51. The molecule has 0 bridgehead atoms. The molecule has 1 aliphatic heterocycles. The predicted molar refractivity (Wildman–Crippen MR) is 77.6 cm³/mol. The van der Waals surface area contributed by atoms with Crippen LogP contribution in [-0.4, -0.2) is 25.7 Å². The van der Waals surface area contributed by atoms with Crippen molar-refractivity contribution in [3.05, 3.63) is 28.8 Å². The zero-order valence-electron chi connectivity index (χ0n) is 9.76. The average molecular weight is 305 g/mol. The molecule has 1 saturated heterocycles. The van der Waals surface area contributed by atoms with Crippen LogP contribution in [-0.2, 0) is 10.0 Å². The van der Waals surface area contributed by atoms with Gasteiger partial charge < -0.3 is 5.73 Å². The lowest BCUT2D eigenvalue weighted by Crippen LogP contribution is -2.28. The van der Waals surface area contributed by atoms with E-state index < -0.39 is 10.0 Å². The standard InChI is InChI=1S/C11H13ClN2O2S2/c1-7-5-14(18(15,16)6-7)10-4-8(12)2-3-9(10)11(13)17/h2-4,7H,5-6H2,1H3,(H2,13,17). The van der Waals surface area contributed by atoms with E-state index in [1.54, 1.807) is 18.2 Å². The maximum absolute atomic E-state index is 12.1. The molecule has 1 aromatic rings. The summed E-state index contributed by atoms with van der Waals surface area (Å²) >= 11 is 10.9. The zero-order chi connectivity index (χ0) is 13.5. The van der Waals surface area contributed by atoms with Gasteiger partial charge in [0.25, 0.3) is 0 Å². The molecule has 7 heteroatoms. The Kier molecular flexibility index (Phi) is 3.53. The van der Waals surface area contributed by atoms with Crippen LogP contribution in [0.5, 0.6) is 0 Å². The zero-order valence-corrected chi connectivity index (χ0v) is 12.1. The van der Waals surface area contributed by atoms with Gasteiger partial charge in [-0.3, -0.25) is 4.31 Å². The second-order valence-electron chi connectivity index (χ2n) is 4.44. The molecule has 0 saturated carbocycles. The number of nitrogens with zero attached hydrogens (tertiary/aromatic N) is 1. The van der Waals surface area contributed by atoms with Gasteiger partial charge in [-0.2, -0.15) is 0 Å². The van der Waals surface area contributed by atoms with Gasteiger partial charge in [0.2, 0.25) is 10.0 Å². The predicted octanol–water partition coefficient (Wildman–Crippen LogP) is 1.76. The summed E-state index contributed by atoms with van der Waals surface area (Å²) in [5.41, 5.74) is 6.63. The largest absolute Gasteiger partial charge is 0.389 e. The molecule has 0 aliphatic carbocycles. The molecule has 0 spiro atoms. The first-order valence-electron chi connectivity index (χ1n) is 5.41. The van der Waals surface area contributed by atoms with Crippen molar-refractivity contribution in [3.8, 4) is 0 Å². The van der Waals surface area contributed by atoms with Crippen molar-refractivity contribution in [2.45, 2.75) is 6.92 Å². The molecular weight excluding hydrogens is 292 g/mol. The lowest BCUT2D eigenvalue weighted by Gasteiger charge is -2.20. The van der Waals surface area contributed by atoms with Crippen LogP contribution in [0.4, 0.5) is 5.69 Å². The Morgan fingerprint density at radius 2 is 2.22 bits per heavy atom. The summed E-state index contributed by atoms with van der Waals surface area (Å²) in [4.78, 5) is 0.163. The quantitative estimate of drug-likeness (QED) is 0.846. The van der Waals surface area contributed by atoms with Gasteiger partial charge in [0.1, 0.15) is 4.99 Å². The number of hydrogen-bond donors (Lipinski definition) is 1. The molecule has 1 aliphatic rings. The number of thiocarbonyl (C=S) groups is 1. The Morgan fingerprint density at radius 3 is 2.72 bits per heavy atom. The minimum absolute atomic E-state index is 0.0770. The summed E-state index contributed by atoms with van der Waals surface area (Å²) in [6.07, 6.45) is 0. The highest BCUT2D eigenvalue weighted by Crippen LogP contribution is 2.32. The molecule has 1 unspecified atom stereocenters. The lowest BCUT2D eigenvalue weighted by molar-refractivity contribution is 0.598. The maximum atomic E-state index is 12.1. The summed E-state index contributed by atoms with van der Waals surface area (Å²) < 4.78 is 25.5. The van der Waals surface area contributed by atoms with Gasteiger partial charge >= 0.3 is 0 Å². The fourth-order valence-corrected chi connectivity index (χ4v) is 4.34. The molecule has 0 amide bonds. The van der Waals surface area contributed by atoms with E-state index in [1.165, 1.54) is 4.31 Å². The van der Waals surface area contributed by atoms with Crippen molar-refractivity contribution in [2.24, 2.45) is 11.7 Å². The summed E-state index contributed by atoms with van der Waals surface area (Å²) in [7, 11) is -3.30. The van der Waals surface area contributed by atoms with Crippen LogP contribution >= 0.6 is 23.8 Å². The van der Waals surface area contributed by atoms with Crippen molar-refractivity contribution in [2.75, 3.05) is 16.6 Å². The smallest absolute Gasteiger partial charge is 0.235 e. The first kappa shape index (κ1) is 13.6. The normalized spacial score (nSPS) is 22.1. The number of anilines is 1. The molecule has 1 atom stereocenters. The number of hydrogen-bond acceptors (Lipinski definition) is 3. The first-order valence-corrected chi connectivity index (χ1v) is 7.80. The second-order valence-corrected chi connectivity index (χ2v) is 7.25. The lowest BCUT2D eigenvalue weighted by atomic mass is 10.1. The molecule has 1 heterocycles.